The van der Waals surface area contributed by atoms with Crippen molar-refractivity contribution in [3.05, 3.63) is 17.6 Å². The van der Waals surface area contributed by atoms with E-state index in [4.69, 9.17) is 10.5 Å². The average Bonchev–Trinajstić information content (AvgIpc) is 3.20. The standard InChI is InChI=1S/C17H16N6S/c18-7-5-11-1-3-12(4-2-11)23-15-14(22-17(23)21-10-19)9-20-13-6-8-24-16(13)15/h6,8-9,11-12H,1-5H2,(H,21,22). The third kappa shape index (κ3) is 2.38. The Morgan fingerprint density at radius 1 is 1.25 bits per heavy atom. The van der Waals surface area contributed by atoms with Gasteiger partial charge in [0.25, 0.3) is 0 Å². The first-order valence-corrected chi connectivity index (χ1v) is 8.96. The van der Waals surface area contributed by atoms with Gasteiger partial charge in [0.1, 0.15) is 5.52 Å². The molecule has 7 heteroatoms. The van der Waals surface area contributed by atoms with Crippen molar-refractivity contribution in [2.75, 3.05) is 5.32 Å². The Bertz CT molecular complexity index is 965. The van der Waals surface area contributed by atoms with Crippen molar-refractivity contribution >= 4 is 38.5 Å². The van der Waals surface area contributed by atoms with E-state index in [9.17, 15) is 0 Å². The second-order valence-corrected chi connectivity index (χ2v) is 7.12. The lowest BCUT2D eigenvalue weighted by Gasteiger charge is -2.29. The fourth-order valence-electron chi connectivity index (χ4n) is 3.71. The molecule has 0 saturated heterocycles. The molecule has 0 aromatic carbocycles. The third-order valence-electron chi connectivity index (χ3n) is 4.85. The number of aromatic nitrogens is 3. The summed E-state index contributed by atoms with van der Waals surface area (Å²) in [5.74, 6) is 1.09. The topological polar surface area (TPSA) is 90.3 Å². The van der Waals surface area contributed by atoms with Crippen LogP contribution in [-0.4, -0.2) is 14.5 Å². The summed E-state index contributed by atoms with van der Waals surface area (Å²) in [5.41, 5.74) is 2.86. The number of nitrogens with one attached hydrogen (secondary N) is 1. The molecule has 0 aliphatic heterocycles. The van der Waals surface area contributed by atoms with Crippen molar-refractivity contribution < 1.29 is 0 Å². The van der Waals surface area contributed by atoms with Crippen molar-refractivity contribution in [1.82, 2.24) is 14.5 Å². The molecule has 0 radical (unpaired) electrons. The molecule has 0 spiro atoms. The molecule has 3 aromatic heterocycles. The summed E-state index contributed by atoms with van der Waals surface area (Å²) in [6, 6.07) is 4.60. The number of nitrogens with zero attached hydrogens (tertiary/aromatic N) is 5. The zero-order valence-corrected chi connectivity index (χ0v) is 13.9. The highest BCUT2D eigenvalue weighted by molar-refractivity contribution is 7.18. The van der Waals surface area contributed by atoms with Crippen molar-refractivity contribution in [2.24, 2.45) is 5.92 Å². The van der Waals surface area contributed by atoms with Crippen LogP contribution in [0.2, 0.25) is 0 Å². The predicted octanol–water partition coefficient (Wildman–Crippen LogP) is 4.18. The fourth-order valence-corrected chi connectivity index (χ4v) is 4.60. The first kappa shape index (κ1) is 14.9. The van der Waals surface area contributed by atoms with E-state index in [1.807, 2.05) is 17.6 Å². The van der Waals surface area contributed by atoms with Gasteiger partial charge in [-0.1, -0.05) is 0 Å². The molecule has 4 rings (SSSR count). The van der Waals surface area contributed by atoms with Crippen molar-refractivity contribution in [3.63, 3.8) is 0 Å². The molecule has 0 amide bonds. The maximum absolute atomic E-state index is 9.09. The summed E-state index contributed by atoms with van der Waals surface area (Å²) < 4.78 is 3.30. The van der Waals surface area contributed by atoms with Gasteiger partial charge in [-0.3, -0.25) is 10.3 Å². The molecule has 1 N–H and O–H groups in total. The van der Waals surface area contributed by atoms with E-state index < -0.39 is 0 Å². The van der Waals surface area contributed by atoms with Crippen LogP contribution in [0.3, 0.4) is 0 Å². The van der Waals surface area contributed by atoms with Gasteiger partial charge in [0, 0.05) is 12.5 Å². The molecule has 0 atom stereocenters. The van der Waals surface area contributed by atoms with E-state index in [2.05, 4.69) is 25.9 Å². The van der Waals surface area contributed by atoms with Gasteiger partial charge in [0.2, 0.25) is 5.95 Å². The van der Waals surface area contributed by atoms with Crippen LogP contribution < -0.4 is 5.32 Å². The van der Waals surface area contributed by atoms with Gasteiger partial charge in [-0.25, -0.2) is 4.98 Å². The number of imidazole rings is 1. The molecule has 3 heterocycles. The van der Waals surface area contributed by atoms with E-state index in [-0.39, 0.29) is 0 Å². The SMILES string of the molecule is N#CCC1CCC(n2c(NC#N)nc3cnc4ccsc4c32)CC1. The molecule has 3 aromatic rings. The molecule has 120 valence electrons. The molecule has 1 aliphatic carbocycles. The predicted molar refractivity (Wildman–Crippen MR) is 93.4 cm³/mol. The number of rotatable bonds is 3. The Morgan fingerprint density at radius 2 is 2.08 bits per heavy atom. The van der Waals surface area contributed by atoms with Crippen LogP contribution in [0.4, 0.5) is 5.95 Å². The molecule has 0 bridgehead atoms. The van der Waals surface area contributed by atoms with Gasteiger partial charge >= 0.3 is 0 Å². The Morgan fingerprint density at radius 3 is 2.83 bits per heavy atom. The van der Waals surface area contributed by atoms with E-state index in [1.54, 1.807) is 17.5 Å². The second kappa shape index (κ2) is 6.10. The molecule has 0 unspecified atom stereocenters. The minimum absolute atomic E-state index is 0.300. The van der Waals surface area contributed by atoms with E-state index >= 15 is 0 Å². The number of anilines is 1. The van der Waals surface area contributed by atoms with Gasteiger partial charge in [-0.05, 0) is 43.0 Å². The molecule has 1 fully saturated rings. The molecule has 24 heavy (non-hydrogen) atoms. The van der Waals surface area contributed by atoms with Gasteiger partial charge in [0.15, 0.2) is 6.19 Å². The lowest BCUT2D eigenvalue weighted by atomic mass is 9.84. The summed E-state index contributed by atoms with van der Waals surface area (Å²) in [5, 5.41) is 22.8. The molecule has 6 nitrogen and oxygen atoms in total. The van der Waals surface area contributed by atoms with Crippen molar-refractivity contribution in [3.8, 4) is 12.3 Å². The van der Waals surface area contributed by atoms with Crippen LogP contribution in [0.1, 0.15) is 38.1 Å². The average molecular weight is 336 g/mol. The lowest BCUT2D eigenvalue weighted by molar-refractivity contribution is 0.283. The van der Waals surface area contributed by atoms with E-state index in [0.29, 0.717) is 24.3 Å². The Hall–Kier alpha value is -2.64. The van der Waals surface area contributed by atoms with E-state index in [0.717, 1.165) is 46.9 Å². The summed E-state index contributed by atoms with van der Waals surface area (Å²) >= 11 is 1.66. The van der Waals surface area contributed by atoms with Gasteiger partial charge in [-0.2, -0.15) is 10.5 Å². The zero-order valence-electron chi connectivity index (χ0n) is 13.1. The maximum atomic E-state index is 9.09. The summed E-state index contributed by atoms with van der Waals surface area (Å²) in [7, 11) is 0. The van der Waals surface area contributed by atoms with Crippen molar-refractivity contribution in [1.29, 1.82) is 10.5 Å². The summed E-state index contributed by atoms with van der Waals surface area (Å²) in [6.45, 7) is 0. The minimum Gasteiger partial charge on any atom is -0.305 e. The summed E-state index contributed by atoms with van der Waals surface area (Å²) in [6.07, 6.45) is 8.53. The number of fused-ring (bicyclic) bond motifs is 3. The third-order valence-corrected chi connectivity index (χ3v) is 5.76. The minimum atomic E-state index is 0.300. The molecular weight excluding hydrogens is 320 g/mol. The first-order valence-electron chi connectivity index (χ1n) is 8.08. The van der Waals surface area contributed by atoms with Crippen LogP contribution in [0.15, 0.2) is 17.6 Å². The van der Waals surface area contributed by atoms with Gasteiger partial charge in [-0.15, -0.1) is 11.3 Å². The second-order valence-electron chi connectivity index (χ2n) is 6.21. The number of nitriles is 2. The largest absolute Gasteiger partial charge is 0.305 e. The highest BCUT2D eigenvalue weighted by atomic mass is 32.1. The van der Waals surface area contributed by atoms with E-state index in [1.165, 1.54) is 0 Å². The fraction of sp³-hybridized carbons (Fsp3) is 0.412. The van der Waals surface area contributed by atoms with Gasteiger partial charge < -0.3 is 4.57 Å². The van der Waals surface area contributed by atoms with Gasteiger partial charge in [0.05, 0.1) is 28.0 Å². The van der Waals surface area contributed by atoms with Crippen molar-refractivity contribution in [2.45, 2.75) is 38.1 Å². The number of pyridine rings is 1. The maximum Gasteiger partial charge on any atom is 0.217 e. The van der Waals surface area contributed by atoms with Crippen LogP contribution in [0.5, 0.6) is 0 Å². The summed E-state index contributed by atoms with van der Waals surface area (Å²) in [4.78, 5) is 9.04. The van der Waals surface area contributed by atoms with Crippen LogP contribution >= 0.6 is 11.3 Å². The smallest absolute Gasteiger partial charge is 0.217 e. The monoisotopic (exact) mass is 336 g/mol. The highest BCUT2D eigenvalue weighted by Gasteiger charge is 2.27. The van der Waals surface area contributed by atoms with Crippen LogP contribution in [-0.2, 0) is 0 Å². The first-order chi connectivity index (χ1) is 11.8. The zero-order chi connectivity index (χ0) is 16.5. The Kier molecular flexibility index (Phi) is 3.79. The number of thiophene rings is 1. The molecule has 1 saturated carbocycles. The van der Waals surface area contributed by atoms with Crippen LogP contribution in [0.25, 0.3) is 21.3 Å². The lowest BCUT2D eigenvalue weighted by Crippen LogP contribution is -2.19. The Balaban J connectivity index is 1.81. The number of hydrogen-bond donors (Lipinski definition) is 1. The highest BCUT2D eigenvalue weighted by Crippen LogP contribution is 2.39. The Labute approximate surface area is 143 Å². The quantitative estimate of drug-likeness (QED) is 0.572. The molecular formula is C17H16N6S. The normalized spacial score (nSPS) is 20.8. The molecule has 1 aliphatic rings. The number of hydrogen-bond acceptors (Lipinski definition) is 6. The van der Waals surface area contributed by atoms with Crippen LogP contribution in [0, 0.1) is 28.7 Å².